The van der Waals surface area contributed by atoms with Gasteiger partial charge in [-0.15, -0.1) is 0 Å². The molecule has 6 heteroatoms. The number of nitriles is 1. The molecule has 1 aliphatic carbocycles. The number of benzene rings is 2. The molecule has 2 aromatic rings. The lowest BCUT2D eigenvalue weighted by atomic mass is 9.82. The normalized spacial score (nSPS) is 19.4. The van der Waals surface area contributed by atoms with Crippen molar-refractivity contribution < 1.29 is 14.3 Å². The van der Waals surface area contributed by atoms with E-state index in [1.54, 1.807) is 0 Å². The van der Waals surface area contributed by atoms with Gasteiger partial charge in [0.05, 0.1) is 11.8 Å². The molecule has 0 unspecified atom stereocenters. The second kappa shape index (κ2) is 9.13. The van der Waals surface area contributed by atoms with Crippen molar-refractivity contribution >= 4 is 17.3 Å². The fraction of sp³-hybridized carbons (Fsp3) is 0.360. The molecule has 1 aliphatic heterocycles. The molecule has 0 atom stereocenters. The maximum absolute atomic E-state index is 12.8. The number of carbonyl (C=O) groups is 1. The Labute approximate surface area is 182 Å². The van der Waals surface area contributed by atoms with E-state index in [1.165, 1.54) is 0 Å². The molecule has 0 saturated heterocycles. The summed E-state index contributed by atoms with van der Waals surface area (Å²) in [6.45, 7) is 7.05. The number of ether oxygens (including phenoxy) is 2. The average Bonchev–Trinajstić information content (AvgIpc) is 3.26. The summed E-state index contributed by atoms with van der Waals surface area (Å²) < 4.78 is 10.8. The van der Waals surface area contributed by atoms with Gasteiger partial charge in [0.2, 0.25) is 12.7 Å². The second-order valence-electron chi connectivity index (χ2n) is 8.24. The number of anilines is 1. The lowest BCUT2D eigenvalue weighted by Crippen LogP contribution is -2.27. The van der Waals surface area contributed by atoms with Crippen LogP contribution < -0.4 is 20.1 Å². The molecule has 0 bridgehead atoms. The summed E-state index contributed by atoms with van der Waals surface area (Å²) in [5.41, 5.74) is 4.51. The van der Waals surface area contributed by atoms with E-state index < -0.39 is 0 Å². The monoisotopic (exact) mass is 417 g/mol. The highest BCUT2D eigenvalue weighted by atomic mass is 16.7. The Bertz CT molecular complexity index is 1030. The summed E-state index contributed by atoms with van der Waals surface area (Å²) in [5, 5.41) is 15.5. The molecule has 0 aromatic heterocycles. The van der Waals surface area contributed by atoms with Gasteiger partial charge < -0.3 is 20.1 Å². The van der Waals surface area contributed by atoms with Crippen molar-refractivity contribution in [3.05, 3.63) is 59.7 Å². The van der Waals surface area contributed by atoms with E-state index in [2.05, 4.69) is 23.3 Å². The zero-order valence-electron chi connectivity index (χ0n) is 17.7. The molecule has 1 fully saturated rings. The van der Waals surface area contributed by atoms with Crippen LogP contribution in [0.1, 0.15) is 42.4 Å². The molecule has 31 heavy (non-hydrogen) atoms. The number of amides is 1. The molecule has 2 aliphatic rings. The highest BCUT2D eigenvalue weighted by Crippen LogP contribution is 2.33. The topological polar surface area (TPSA) is 83.4 Å². The molecule has 1 saturated carbocycles. The number of carbonyl (C=O) groups excluding carboxylic acids is 1. The van der Waals surface area contributed by atoms with Gasteiger partial charge in [0.1, 0.15) is 0 Å². The minimum atomic E-state index is -0.0476. The maximum atomic E-state index is 12.8. The zero-order chi connectivity index (χ0) is 21.8. The highest BCUT2D eigenvalue weighted by Gasteiger charge is 2.26. The Morgan fingerprint density at radius 2 is 1.90 bits per heavy atom. The standard InChI is InChI=1S/C25H27N3O3/c1-16-3-9-22(28-25(29)20-7-4-18(13-26)5-8-20)21(11-16)17(2)27-14-19-6-10-23-24(12-19)31-15-30-23/h3,6,9-12,18,20,27H,2,4-5,7-8,14-15H2,1H3,(H,28,29). The smallest absolute Gasteiger partial charge is 0.231 e. The fourth-order valence-electron chi connectivity index (χ4n) is 4.09. The van der Waals surface area contributed by atoms with Crippen molar-refractivity contribution in [2.75, 3.05) is 12.1 Å². The number of nitrogens with zero attached hydrogens (tertiary/aromatic N) is 1. The van der Waals surface area contributed by atoms with Crippen LogP contribution in [0.5, 0.6) is 11.5 Å². The second-order valence-corrected chi connectivity index (χ2v) is 8.24. The first kappa shape index (κ1) is 20.8. The van der Waals surface area contributed by atoms with E-state index in [0.29, 0.717) is 6.54 Å². The number of rotatable bonds is 6. The molecule has 2 N–H and O–H groups in total. The van der Waals surface area contributed by atoms with Crippen molar-refractivity contribution in [1.29, 1.82) is 5.26 Å². The lowest BCUT2D eigenvalue weighted by Gasteiger charge is -2.24. The first-order chi connectivity index (χ1) is 15.0. The van der Waals surface area contributed by atoms with Crippen molar-refractivity contribution in [3.8, 4) is 17.6 Å². The van der Waals surface area contributed by atoms with Gasteiger partial charge in [0.25, 0.3) is 0 Å². The first-order valence-corrected chi connectivity index (χ1v) is 10.7. The van der Waals surface area contributed by atoms with E-state index >= 15 is 0 Å². The van der Waals surface area contributed by atoms with Crippen molar-refractivity contribution in [3.63, 3.8) is 0 Å². The third-order valence-electron chi connectivity index (χ3n) is 5.98. The number of aryl methyl sites for hydroxylation is 1. The van der Waals surface area contributed by atoms with E-state index in [0.717, 1.165) is 65.3 Å². The molecule has 1 amide bonds. The molecule has 160 valence electrons. The van der Waals surface area contributed by atoms with Crippen LogP contribution in [-0.4, -0.2) is 12.7 Å². The molecular formula is C25H27N3O3. The van der Waals surface area contributed by atoms with Crippen LogP contribution in [0.3, 0.4) is 0 Å². The van der Waals surface area contributed by atoms with Gasteiger partial charge in [-0.2, -0.15) is 5.26 Å². The van der Waals surface area contributed by atoms with Crippen LogP contribution in [0.4, 0.5) is 5.69 Å². The highest BCUT2D eigenvalue weighted by molar-refractivity contribution is 5.95. The SMILES string of the molecule is C=C(NCc1ccc2c(c1)OCO2)c1cc(C)ccc1NC(=O)C1CCC(C#N)CC1. The minimum absolute atomic E-state index is 0.0186. The van der Waals surface area contributed by atoms with Crippen LogP contribution >= 0.6 is 0 Å². The predicted molar refractivity (Wildman–Crippen MR) is 119 cm³/mol. The van der Waals surface area contributed by atoms with Crippen LogP contribution in [0.25, 0.3) is 5.70 Å². The summed E-state index contributed by atoms with van der Waals surface area (Å²) in [4.78, 5) is 12.8. The third-order valence-corrected chi connectivity index (χ3v) is 5.98. The quantitative estimate of drug-likeness (QED) is 0.708. The van der Waals surface area contributed by atoms with Gasteiger partial charge >= 0.3 is 0 Å². The average molecular weight is 418 g/mol. The van der Waals surface area contributed by atoms with Crippen LogP contribution in [0.2, 0.25) is 0 Å². The number of nitrogens with one attached hydrogen (secondary N) is 2. The Morgan fingerprint density at radius 3 is 2.68 bits per heavy atom. The summed E-state index contributed by atoms with van der Waals surface area (Å²) in [7, 11) is 0. The van der Waals surface area contributed by atoms with E-state index in [9.17, 15) is 4.79 Å². The van der Waals surface area contributed by atoms with Crippen LogP contribution in [-0.2, 0) is 11.3 Å². The summed E-state index contributed by atoms with van der Waals surface area (Å²) in [5.74, 6) is 1.56. The Morgan fingerprint density at radius 1 is 1.13 bits per heavy atom. The van der Waals surface area contributed by atoms with Crippen molar-refractivity contribution in [1.82, 2.24) is 5.32 Å². The first-order valence-electron chi connectivity index (χ1n) is 10.7. The Kier molecular flexibility index (Phi) is 6.13. The fourth-order valence-corrected chi connectivity index (χ4v) is 4.09. The number of hydrogen-bond donors (Lipinski definition) is 2. The molecule has 4 rings (SSSR count). The van der Waals surface area contributed by atoms with Gasteiger partial charge in [-0.1, -0.05) is 24.3 Å². The number of hydrogen-bond acceptors (Lipinski definition) is 5. The third kappa shape index (κ3) is 4.83. The molecular weight excluding hydrogens is 390 g/mol. The Balaban J connectivity index is 1.42. The molecule has 1 heterocycles. The van der Waals surface area contributed by atoms with Gasteiger partial charge in [0, 0.05) is 29.6 Å². The van der Waals surface area contributed by atoms with Crippen molar-refractivity contribution in [2.45, 2.75) is 39.2 Å². The largest absolute Gasteiger partial charge is 0.454 e. The van der Waals surface area contributed by atoms with Gasteiger partial charge in [-0.05, 0) is 62.4 Å². The maximum Gasteiger partial charge on any atom is 0.231 e. The zero-order valence-corrected chi connectivity index (χ0v) is 17.7. The van der Waals surface area contributed by atoms with E-state index in [1.807, 2.05) is 43.3 Å². The lowest BCUT2D eigenvalue weighted by molar-refractivity contribution is -0.120. The molecule has 6 nitrogen and oxygen atoms in total. The van der Waals surface area contributed by atoms with Crippen LogP contribution in [0.15, 0.2) is 43.0 Å². The molecule has 2 aromatic carbocycles. The molecule has 0 radical (unpaired) electrons. The van der Waals surface area contributed by atoms with Gasteiger partial charge in [0.15, 0.2) is 11.5 Å². The molecule has 0 spiro atoms. The number of fused-ring (bicyclic) bond motifs is 1. The van der Waals surface area contributed by atoms with Gasteiger partial charge in [-0.25, -0.2) is 0 Å². The summed E-state index contributed by atoms with van der Waals surface area (Å²) in [6, 6.07) is 14.1. The van der Waals surface area contributed by atoms with Gasteiger partial charge in [-0.3, -0.25) is 4.79 Å². The van der Waals surface area contributed by atoms with Crippen LogP contribution in [0, 0.1) is 30.1 Å². The minimum Gasteiger partial charge on any atom is -0.454 e. The van der Waals surface area contributed by atoms with E-state index in [-0.39, 0.29) is 24.5 Å². The summed E-state index contributed by atoms with van der Waals surface area (Å²) in [6.07, 6.45) is 3.10. The summed E-state index contributed by atoms with van der Waals surface area (Å²) >= 11 is 0. The predicted octanol–water partition coefficient (Wildman–Crippen LogP) is 4.75. The van der Waals surface area contributed by atoms with E-state index in [4.69, 9.17) is 14.7 Å². The Hall–Kier alpha value is -3.46. The van der Waals surface area contributed by atoms with Crippen molar-refractivity contribution in [2.24, 2.45) is 11.8 Å².